The van der Waals surface area contributed by atoms with E-state index in [1.165, 1.54) is 0 Å². The summed E-state index contributed by atoms with van der Waals surface area (Å²) < 4.78 is 5.43. The molecule has 0 N–H and O–H groups in total. The molecule has 0 saturated heterocycles. The van der Waals surface area contributed by atoms with Crippen molar-refractivity contribution in [2.24, 2.45) is 5.92 Å². The highest BCUT2D eigenvalue weighted by Gasteiger charge is 2.28. The van der Waals surface area contributed by atoms with Gasteiger partial charge in [-0.15, -0.1) is 0 Å². The summed E-state index contributed by atoms with van der Waals surface area (Å²) in [5, 5.41) is 0.654. The minimum absolute atomic E-state index is 0.327. The largest absolute Gasteiger partial charge is 0.493 e. The van der Waals surface area contributed by atoms with Crippen molar-refractivity contribution >= 4 is 17.4 Å². The maximum absolute atomic E-state index is 11.4. The van der Waals surface area contributed by atoms with E-state index in [1.807, 2.05) is 12.1 Å². The Labute approximate surface area is 94.2 Å². The maximum atomic E-state index is 11.4. The first-order chi connectivity index (χ1) is 7.25. The molecule has 1 aliphatic rings. The van der Waals surface area contributed by atoms with Crippen LogP contribution in [0.3, 0.4) is 0 Å². The van der Waals surface area contributed by atoms with E-state index in [1.54, 1.807) is 12.1 Å². The molecule has 2 rings (SSSR count). The second-order valence-electron chi connectivity index (χ2n) is 3.80. The van der Waals surface area contributed by atoms with Crippen molar-refractivity contribution in [2.75, 3.05) is 6.61 Å². The fourth-order valence-electron chi connectivity index (χ4n) is 1.44. The summed E-state index contributed by atoms with van der Waals surface area (Å²) in [6.07, 6.45) is 2.64. The lowest BCUT2D eigenvalue weighted by Crippen LogP contribution is -2.07. The average Bonchev–Trinajstić information content (AvgIpc) is 3.00. The second-order valence-corrected chi connectivity index (χ2v) is 4.23. The summed E-state index contributed by atoms with van der Waals surface area (Å²) in [5.74, 6) is 1.39. The Balaban J connectivity index is 1.75. The molecule has 0 bridgehead atoms. The number of hydrogen-bond donors (Lipinski definition) is 0. The van der Waals surface area contributed by atoms with Gasteiger partial charge in [-0.3, -0.25) is 4.79 Å². The molecule has 1 fully saturated rings. The minimum Gasteiger partial charge on any atom is -0.493 e. The highest BCUT2D eigenvalue weighted by molar-refractivity contribution is 6.30. The van der Waals surface area contributed by atoms with Crippen LogP contribution in [0.15, 0.2) is 24.3 Å². The third-order valence-electron chi connectivity index (χ3n) is 2.45. The Kier molecular flexibility index (Phi) is 3.27. The molecular weight excluding hydrogens is 212 g/mol. The molecule has 0 aliphatic heterocycles. The van der Waals surface area contributed by atoms with Gasteiger partial charge in [0.2, 0.25) is 0 Å². The van der Waals surface area contributed by atoms with Crippen molar-refractivity contribution in [1.82, 2.24) is 0 Å². The van der Waals surface area contributed by atoms with Gasteiger partial charge in [0.25, 0.3) is 0 Å². The molecule has 1 aliphatic carbocycles. The van der Waals surface area contributed by atoms with E-state index >= 15 is 0 Å². The van der Waals surface area contributed by atoms with Gasteiger partial charge in [-0.1, -0.05) is 17.7 Å². The van der Waals surface area contributed by atoms with Crippen molar-refractivity contribution in [3.63, 3.8) is 0 Å². The molecule has 0 radical (unpaired) electrons. The Morgan fingerprint density at radius 3 is 2.93 bits per heavy atom. The van der Waals surface area contributed by atoms with Crippen molar-refractivity contribution in [1.29, 1.82) is 0 Å². The lowest BCUT2D eigenvalue weighted by molar-refractivity contribution is -0.120. The summed E-state index contributed by atoms with van der Waals surface area (Å²) in [6, 6.07) is 7.22. The van der Waals surface area contributed by atoms with Crippen LogP contribution in [0.25, 0.3) is 0 Å². The molecule has 0 atom stereocenters. The molecule has 15 heavy (non-hydrogen) atoms. The predicted octanol–water partition coefficient (Wildman–Crippen LogP) is 3.09. The Morgan fingerprint density at radius 2 is 2.27 bits per heavy atom. The lowest BCUT2D eigenvalue weighted by atomic mass is 10.2. The number of Topliss-reactive ketones (excluding diaryl/α,β-unsaturated/α-hetero) is 1. The van der Waals surface area contributed by atoms with Crippen LogP contribution < -0.4 is 4.74 Å². The van der Waals surface area contributed by atoms with Crippen molar-refractivity contribution in [3.05, 3.63) is 29.3 Å². The zero-order valence-corrected chi connectivity index (χ0v) is 9.17. The molecule has 80 valence electrons. The van der Waals surface area contributed by atoms with Gasteiger partial charge in [0.05, 0.1) is 6.61 Å². The predicted molar refractivity (Wildman–Crippen MR) is 59.3 cm³/mol. The number of ether oxygens (including phenoxy) is 1. The number of benzene rings is 1. The second kappa shape index (κ2) is 4.67. The van der Waals surface area contributed by atoms with E-state index in [2.05, 4.69) is 0 Å². The molecule has 0 unspecified atom stereocenters. The van der Waals surface area contributed by atoms with Crippen molar-refractivity contribution in [2.45, 2.75) is 19.3 Å². The normalized spacial score (nSPS) is 15.0. The van der Waals surface area contributed by atoms with Crippen LogP contribution in [0, 0.1) is 5.92 Å². The first kappa shape index (κ1) is 10.5. The van der Waals surface area contributed by atoms with E-state index in [-0.39, 0.29) is 0 Å². The van der Waals surface area contributed by atoms with Crippen molar-refractivity contribution < 1.29 is 9.53 Å². The number of carbonyl (C=O) groups is 1. The third kappa shape index (κ3) is 3.24. The third-order valence-corrected chi connectivity index (χ3v) is 2.68. The van der Waals surface area contributed by atoms with Crippen LogP contribution in [-0.4, -0.2) is 12.4 Å². The van der Waals surface area contributed by atoms with Crippen LogP contribution in [0.2, 0.25) is 5.02 Å². The first-order valence-corrected chi connectivity index (χ1v) is 5.54. The number of halogens is 1. The van der Waals surface area contributed by atoms with Crippen LogP contribution in [0.4, 0.5) is 0 Å². The molecule has 0 aromatic heterocycles. The first-order valence-electron chi connectivity index (χ1n) is 5.17. The van der Waals surface area contributed by atoms with Crippen molar-refractivity contribution in [3.8, 4) is 5.75 Å². The Morgan fingerprint density at radius 1 is 1.47 bits per heavy atom. The standard InChI is InChI=1S/C12H13ClO2/c13-10-2-1-3-11(8-10)15-7-6-12(14)9-4-5-9/h1-3,8-9H,4-7H2. The van der Waals surface area contributed by atoms with Gasteiger partial charge in [0.1, 0.15) is 11.5 Å². The molecule has 1 aromatic carbocycles. The van der Waals surface area contributed by atoms with E-state index in [4.69, 9.17) is 16.3 Å². The highest BCUT2D eigenvalue weighted by Crippen LogP contribution is 2.30. The van der Waals surface area contributed by atoms with Gasteiger partial charge in [-0.25, -0.2) is 0 Å². The molecule has 0 amide bonds. The Bertz CT molecular complexity index is 358. The topological polar surface area (TPSA) is 26.3 Å². The van der Waals surface area contributed by atoms with Crippen LogP contribution in [0.1, 0.15) is 19.3 Å². The lowest BCUT2D eigenvalue weighted by Gasteiger charge is -2.05. The SMILES string of the molecule is O=C(CCOc1cccc(Cl)c1)C1CC1. The van der Waals surface area contributed by atoms with Gasteiger partial charge >= 0.3 is 0 Å². The number of hydrogen-bond acceptors (Lipinski definition) is 2. The molecular formula is C12H13ClO2. The monoisotopic (exact) mass is 224 g/mol. The number of rotatable bonds is 5. The molecule has 3 heteroatoms. The molecule has 0 spiro atoms. The molecule has 1 saturated carbocycles. The maximum Gasteiger partial charge on any atom is 0.139 e. The van der Waals surface area contributed by atoms with Gasteiger partial charge in [-0.2, -0.15) is 0 Å². The zero-order chi connectivity index (χ0) is 10.7. The minimum atomic E-state index is 0.327. The summed E-state index contributed by atoms with van der Waals surface area (Å²) in [5.41, 5.74) is 0. The smallest absolute Gasteiger partial charge is 0.139 e. The van der Waals surface area contributed by atoms with E-state index < -0.39 is 0 Å². The van der Waals surface area contributed by atoms with Crippen LogP contribution in [0.5, 0.6) is 5.75 Å². The van der Waals surface area contributed by atoms with Gasteiger partial charge in [0, 0.05) is 17.4 Å². The molecule has 0 heterocycles. The number of carbonyl (C=O) groups excluding carboxylic acids is 1. The fraction of sp³-hybridized carbons (Fsp3) is 0.417. The number of ketones is 1. The summed E-state index contributed by atoms with van der Waals surface area (Å²) in [4.78, 5) is 11.4. The molecule has 2 nitrogen and oxygen atoms in total. The summed E-state index contributed by atoms with van der Waals surface area (Å²) >= 11 is 5.80. The van der Waals surface area contributed by atoms with E-state index in [9.17, 15) is 4.79 Å². The van der Waals surface area contributed by atoms with E-state index in [0.29, 0.717) is 29.8 Å². The zero-order valence-electron chi connectivity index (χ0n) is 8.41. The summed E-state index contributed by atoms with van der Waals surface area (Å²) in [7, 11) is 0. The Hall–Kier alpha value is -1.02. The highest BCUT2D eigenvalue weighted by atomic mass is 35.5. The van der Waals surface area contributed by atoms with Gasteiger partial charge in [-0.05, 0) is 31.0 Å². The van der Waals surface area contributed by atoms with E-state index in [0.717, 1.165) is 18.6 Å². The fourth-order valence-corrected chi connectivity index (χ4v) is 1.62. The average molecular weight is 225 g/mol. The van der Waals surface area contributed by atoms with Gasteiger partial charge in [0.15, 0.2) is 0 Å². The van der Waals surface area contributed by atoms with Crippen LogP contribution >= 0.6 is 11.6 Å². The quantitative estimate of drug-likeness (QED) is 0.768. The van der Waals surface area contributed by atoms with Gasteiger partial charge < -0.3 is 4.74 Å². The summed E-state index contributed by atoms with van der Waals surface area (Å²) in [6.45, 7) is 0.454. The molecule has 1 aromatic rings. The van der Waals surface area contributed by atoms with Crippen LogP contribution in [-0.2, 0) is 4.79 Å².